The van der Waals surface area contributed by atoms with Crippen LogP contribution in [-0.2, 0) is 16.1 Å². The minimum Gasteiger partial charge on any atom is -0.371 e. The zero-order valence-corrected chi connectivity index (χ0v) is 17.0. The van der Waals surface area contributed by atoms with E-state index < -0.39 is 0 Å². The van der Waals surface area contributed by atoms with Gasteiger partial charge in [-0.2, -0.15) is 0 Å². The summed E-state index contributed by atoms with van der Waals surface area (Å²) >= 11 is 0. The highest BCUT2D eigenvalue weighted by Gasteiger charge is 2.51. The average Bonchev–Trinajstić information content (AvgIpc) is 3.12. The van der Waals surface area contributed by atoms with Gasteiger partial charge in [0.05, 0.1) is 19.7 Å². The fourth-order valence-corrected chi connectivity index (χ4v) is 4.18. The molecule has 6 heteroatoms. The molecule has 6 nitrogen and oxygen atoms in total. The number of nitrogens with zero attached hydrogens (tertiary/aromatic N) is 2. The van der Waals surface area contributed by atoms with Crippen LogP contribution in [0.3, 0.4) is 0 Å². The third kappa shape index (κ3) is 4.32. The number of hydrogen-bond donors (Lipinski definition) is 1. The molecule has 1 spiro atoms. The van der Waals surface area contributed by atoms with Gasteiger partial charge in [-0.3, -0.25) is 14.6 Å². The Morgan fingerprint density at radius 1 is 1.17 bits per heavy atom. The van der Waals surface area contributed by atoms with Crippen LogP contribution >= 0.6 is 0 Å². The minimum atomic E-state index is -0.272. The van der Waals surface area contributed by atoms with Gasteiger partial charge < -0.3 is 15.0 Å². The van der Waals surface area contributed by atoms with Crippen LogP contribution in [0.4, 0.5) is 0 Å². The van der Waals surface area contributed by atoms with Crippen LogP contribution in [0.1, 0.15) is 39.9 Å². The molecule has 1 N–H and O–H groups in total. The van der Waals surface area contributed by atoms with Crippen LogP contribution < -0.4 is 5.32 Å². The number of hydrogen-bond acceptors (Lipinski definition) is 4. The molecule has 0 bridgehead atoms. The lowest BCUT2D eigenvalue weighted by Gasteiger charge is -2.47. The van der Waals surface area contributed by atoms with E-state index in [2.05, 4.69) is 10.3 Å². The Morgan fingerprint density at radius 2 is 1.93 bits per heavy atom. The minimum absolute atomic E-state index is 0.0369. The molecule has 0 radical (unpaired) electrons. The van der Waals surface area contributed by atoms with Crippen molar-refractivity contribution in [2.75, 3.05) is 19.7 Å². The summed E-state index contributed by atoms with van der Waals surface area (Å²) in [6.07, 6.45) is 4.72. The number of carbonyl (C=O) groups excluding carboxylic acids is 2. The Bertz CT molecular complexity index is 907. The zero-order chi connectivity index (χ0) is 20.4. The second-order valence-electron chi connectivity index (χ2n) is 8.36. The monoisotopic (exact) mass is 393 g/mol. The Morgan fingerprint density at radius 3 is 2.66 bits per heavy atom. The van der Waals surface area contributed by atoms with Gasteiger partial charge in [0.2, 0.25) is 5.91 Å². The molecule has 1 aromatic carbocycles. The van der Waals surface area contributed by atoms with E-state index >= 15 is 0 Å². The van der Waals surface area contributed by atoms with Crippen molar-refractivity contribution in [3.63, 3.8) is 0 Å². The summed E-state index contributed by atoms with van der Waals surface area (Å²) in [6.45, 7) is 6.37. The molecule has 4 rings (SSSR count). The number of pyridine rings is 1. The highest BCUT2D eigenvalue weighted by Crippen LogP contribution is 2.39. The van der Waals surface area contributed by atoms with Gasteiger partial charge in [0.1, 0.15) is 5.60 Å². The fourth-order valence-electron chi connectivity index (χ4n) is 4.18. The Balaban J connectivity index is 1.24. The lowest BCUT2D eigenvalue weighted by atomic mass is 9.85. The van der Waals surface area contributed by atoms with Crippen molar-refractivity contribution in [1.29, 1.82) is 0 Å². The lowest BCUT2D eigenvalue weighted by molar-refractivity contribution is -0.122. The number of nitrogens with one attached hydrogen (secondary N) is 1. The molecule has 152 valence electrons. The van der Waals surface area contributed by atoms with E-state index in [4.69, 9.17) is 4.74 Å². The number of amides is 2. The first kappa shape index (κ1) is 19.6. The molecule has 1 aromatic heterocycles. The number of aromatic nitrogens is 1. The van der Waals surface area contributed by atoms with Gasteiger partial charge >= 0.3 is 0 Å². The van der Waals surface area contributed by atoms with Gasteiger partial charge in [-0.25, -0.2) is 0 Å². The van der Waals surface area contributed by atoms with Crippen molar-refractivity contribution >= 4 is 11.8 Å². The van der Waals surface area contributed by atoms with Crippen LogP contribution in [-0.4, -0.2) is 47.0 Å². The molecule has 1 unspecified atom stereocenters. The third-order valence-corrected chi connectivity index (χ3v) is 6.00. The van der Waals surface area contributed by atoms with Crippen LogP contribution in [0.2, 0.25) is 0 Å². The number of ether oxygens (including phenoxy) is 1. The van der Waals surface area contributed by atoms with Crippen molar-refractivity contribution in [2.24, 2.45) is 5.92 Å². The van der Waals surface area contributed by atoms with Crippen LogP contribution in [0.5, 0.6) is 0 Å². The lowest BCUT2D eigenvalue weighted by Crippen LogP contribution is -2.63. The first-order valence-corrected chi connectivity index (χ1v) is 10.1. The maximum Gasteiger partial charge on any atom is 0.254 e. The largest absolute Gasteiger partial charge is 0.371 e. The quantitative estimate of drug-likeness (QED) is 0.848. The number of likely N-dealkylation sites (tertiary alicyclic amines) is 1. The van der Waals surface area contributed by atoms with E-state index in [1.54, 1.807) is 12.4 Å². The van der Waals surface area contributed by atoms with Crippen molar-refractivity contribution in [3.8, 4) is 0 Å². The second-order valence-corrected chi connectivity index (χ2v) is 8.36. The second kappa shape index (κ2) is 7.95. The normalized spacial score (nSPS) is 19.8. The number of carbonyl (C=O) groups is 2. The van der Waals surface area contributed by atoms with E-state index in [1.165, 1.54) is 5.56 Å². The molecule has 2 saturated heterocycles. The van der Waals surface area contributed by atoms with E-state index in [0.717, 1.165) is 23.1 Å². The van der Waals surface area contributed by atoms with Crippen LogP contribution in [0, 0.1) is 19.8 Å². The molecule has 3 heterocycles. The molecule has 29 heavy (non-hydrogen) atoms. The standard InChI is InChI=1S/C23H27N3O3/c1-16-3-4-20(9-17(16)2)22(28)26-14-23(15-26)11-19(13-29-23)10-21(27)25-12-18-5-7-24-8-6-18/h3-9,19H,10-15H2,1-2H3,(H,25,27). The summed E-state index contributed by atoms with van der Waals surface area (Å²) in [4.78, 5) is 30.8. The van der Waals surface area contributed by atoms with Crippen LogP contribution in [0.25, 0.3) is 0 Å². The summed E-state index contributed by atoms with van der Waals surface area (Å²) in [5.74, 6) is 0.294. The third-order valence-electron chi connectivity index (χ3n) is 6.00. The van der Waals surface area contributed by atoms with Crippen LogP contribution in [0.15, 0.2) is 42.7 Å². The molecule has 2 amide bonds. The van der Waals surface area contributed by atoms with E-state index in [9.17, 15) is 9.59 Å². The Labute approximate surface area is 171 Å². The first-order chi connectivity index (χ1) is 13.9. The summed E-state index contributed by atoms with van der Waals surface area (Å²) in [5.41, 5.74) is 3.80. The Kier molecular flexibility index (Phi) is 5.37. The van der Waals surface area contributed by atoms with Gasteiger partial charge in [-0.15, -0.1) is 0 Å². The molecule has 2 fully saturated rings. The number of rotatable bonds is 5. The maximum atomic E-state index is 12.7. The number of aryl methyl sites for hydroxylation is 2. The fraction of sp³-hybridized carbons (Fsp3) is 0.435. The van der Waals surface area contributed by atoms with E-state index in [0.29, 0.717) is 32.7 Å². The molecule has 1 atom stereocenters. The summed E-state index contributed by atoms with van der Waals surface area (Å²) in [7, 11) is 0. The number of benzene rings is 1. The highest BCUT2D eigenvalue weighted by atomic mass is 16.5. The predicted octanol–water partition coefficient (Wildman–Crippen LogP) is 2.64. The molecule has 0 aliphatic carbocycles. The van der Waals surface area contributed by atoms with Gasteiger partial charge in [-0.05, 0) is 67.1 Å². The smallest absolute Gasteiger partial charge is 0.254 e. The van der Waals surface area contributed by atoms with Gasteiger partial charge in [0.25, 0.3) is 5.91 Å². The van der Waals surface area contributed by atoms with Gasteiger partial charge in [0.15, 0.2) is 0 Å². The van der Waals surface area contributed by atoms with E-state index in [-0.39, 0.29) is 23.3 Å². The van der Waals surface area contributed by atoms with E-state index in [1.807, 2.05) is 49.1 Å². The zero-order valence-electron chi connectivity index (χ0n) is 17.0. The summed E-state index contributed by atoms with van der Waals surface area (Å²) in [5, 5.41) is 2.96. The molecule has 2 aromatic rings. The SMILES string of the molecule is Cc1ccc(C(=O)N2CC3(CC(CC(=O)NCc4ccncc4)CO3)C2)cc1C. The predicted molar refractivity (Wildman–Crippen MR) is 109 cm³/mol. The first-order valence-electron chi connectivity index (χ1n) is 10.1. The molecular weight excluding hydrogens is 366 g/mol. The Hall–Kier alpha value is -2.73. The average molecular weight is 393 g/mol. The van der Waals surface area contributed by atoms with Crippen molar-refractivity contribution in [3.05, 3.63) is 65.0 Å². The van der Waals surface area contributed by atoms with Gasteiger partial charge in [-0.1, -0.05) is 6.07 Å². The molecule has 2 aliphatic heterocycles. The van der Waals surface area contributed by atoms with Gasteiger partial charge in [0, 0.05) is 30.9 Å². The molecule has 2 aliphatic rings. The topological polar surface area (TPSA) is 71.5 Å². The van der Waals surface area contributed by atoms with Crippen molar-refractivity contribution < 1.29 is 14.3 Å². The molecule has 0 saturated carbocycles. The highest BCUT2D eigenvalue weighted by molar-refractivity contribution is 5.95. The summed E-state index contributed by atoms with van der Waals surface area (Å²) < 4.78 is 6.03. The maximum absolute atomic E-state index is 12.7. The van der Waals surface area contributed by atoms with Crippen molar-refractivity contribution in [2.45, 2.75) is 38.8 Å². The molecular formula is C23H27N3O3. The van der Waals surface area contributed by atoms with Crippen molar-refractivity contribution in [1.82, 2.24) is 15.2 Å². The summed E-state index contributed by atoms with van der Waals surface area (Å²) in [6, 6.07) is 9.62.